The SMILES string of the molecule is COC(CC(=O)NCCN)OC.COC(CCC(=O)CCN)OC.COC(CCCCN)OC.COC(CCCCNc1cccc2c1C(=O)c1c(NCCCCC(OC)OC)cccc1C2=O)OC.O=C1c2cccc(Cl)c2C(=O)c2c(Cl)cccc21. The lowest BCUT2D eigenvalue weighted by molar-refractivity contribution is -0.139. The van der Waals surface area contributed by atoms with Crippen molar-refractivity contribution in [3.63, 3.8) is 0 Å². The van der Waals surface area contributed by atoms with Gasteiger partial charge in [0, 0.05) is 150 Å². The van der Waals surface area contributed by atoms with Gasteiger partial charge in [-0.05, 0) is 95.1 Å². The first-order chi connectivity index (χ1) is 42.5. The van der Waals surface area contributed by atoms with Crippen molar-refractivity contribution in [1.82, 2.24) is 5.32 Å². The topological polar surface area (TPSA) is 309 Å². The van der Waals surface area contributed by atoms with E-state index in [0.717, 1.165) is 64.3 Å². The fraction of sp³-hybridized carbons (Fsp3) is 0.531. The summed E-state index contributed by atoms with van der Waals surface area (Å²) in [5, 5.41) is 9.89. The van der Waals surface area contributed by atoms with Crippen molar-refractivity contribution < 1.29 is 76.1 Å². The molecule has 9 N–H and O–H groups in total. The van der Waals surface area contributed by atoms with Gasteiger partial charge >= 0.3 is 0 Å². The summed E-state index contributed by atoms with van der Waals surface area (Å²) in [6.07, 6.45) is 8.73. The molecule has 0 bridgehead atoms. The third-order valence-electron chi connectivity index (χ3n) is 13.8. The van der Waals surface area contributed by atoms with Crippen molar-refractivity contribution in [2.24, 2.45) is 17.2 Å². The van der Waals surface area contributed by atoms with E-state index in [2.05, 4.69) is 16.0 Å². The van der Waals surface area contributed by atoms with Crippen LogP contribution >= 0.6 is 23.2 Å². The fourth-order valence-electron chi connectivity index (χ4n) is 9.06. The summed E-state index contributed by atoms with van der Waals surface area (Å²) in [5.74, 6) is -0.729. The smallest absolute Gasteiger partial charge is 0.225 e. The normalized spacial score (nSPS) is 12.0. The Balaban J connectivity index is 0.000000422. The number of hydrogen-bond acceptors (Lipinski definition) is 21. The zero-order valence-electron chi connectivity index (χ0n) is 52.8. The Morgan fingerprint density at radius 1 is 0.398 bits per heavy atom. The van der Waals surface area contributed by atoms with Gasteiger partial charge in [0.25, 0.3) is 0 Å². The van der Waals surface area contributed by atoms with Gasteiger partial charge < -0.3 is 80.5 Å². The molecule has 0 radical (unpaired) electrons. The molecular formula is C64H94Cl2N6O16. The number of carbonyl (C=O) groups is 6. The zero-order valence-corrected chi connectivity index (χ0v) is 54.3. The summed E-state index contributed by atoms with van der Waals surface area (Å²) in [5.41, 5.74) is 20.0. The Hall–Kier alpha value is -5.64. The number of carbonyl (C=O) groups excluding carboxylic acids is 6. The number of nitrogens with one attached hydrogen (secondary N) is 3. The van der Waals surface area contributed by atoms with E-state index in [1.807, 2.05) is 24.3 Å². The van der Waals surface area contributed by atoms with Crippen LogP contribution in [-0.4, -0.2) is 177 Å². The summed E-state index contributed by atoms with van der Waals surface area (Å²) in [4.78, 5) is 73.7. The van der Waals surface area contributed by atoms with Crippen molar-refractivity contribution >= 4 is 69.4 Å². The molecule has 0 unspecified atom stereocenters. The van der Waals surface area contributed by atoms with Crippen LogP contribution in [0, 0.1) is 0 Å². The van der Waals surface area contributed by atoms with E-state index in [-0.39, 0.29) is 87.6 Å². The molecule has 2 aliphatic carbocycles. The number of methoxy groups -OCH3 is 10. The summed E-state index contributed by atoms with van der Waals surface area (Å²) in [7, 11) is 15.9. The van der Waals surface area contributed by atoms with E-state index in [4.69, 9.17) is 87.8 Å². The Kier molecular flexibility index (Phi) is 40.6. The van der Waals surface area contributed by atoms with E-state index in [1.165, 1.54) is 14.2 Å². The molecule has 2 aliphatic rings. The average Bonchev–Trinajstić information content (AvgIpc) is 0.864. The molecule has 490 valence electrons. The van der Waals surface area contributed by atoms with Crippen LogP contribution in [0.5, 0.6) is 0 Å². The highest BCUT2D eigenvalue weighted by Crippen LogP contribution is 2.37. The lowest BCUT2D eigenvalue weighted by Crippen LogP contribution is -2.32. The highest BCUT2D eigenvalue weighted by Gasteiger charge is 2.35. The number of benzene rings is 4. The number of unbranched alkanes of at least 4 members (excludes halogenated alkanes) is 3. The lowest BCUT2D eigenvalue weighted by atomic mass is 9.82. The van der Waals surface area contributed by atoms with Crippen molar-refractivity contribution in [2.45, 2.75) is 115 Å². The van der Waals surface area contributed by atoms with Crippen molar-refractivity contribution in [1.29, 1.82) is 0 Å². The lowest BCUT2D eigenvalue weighted by Gasteiger charge is -2.23. The van der Waals surface area contributed by atoms with Crippen LogP contribution in [0.2, 0.25) is 10.0 Å². The van der Waals surface area contributed by atoms with Crippen LogP contribution in [0.4, 0.5) is 11.4 Å². The van der Waals surface area contributed by atoms with E-state index >= 15 is 0 Å². The number of halogens is 2. The minimum atomic E-state index is -0.470. The molecule has 0 spiro atoms. The van der Waals surface area contributed by atoms with Gasteiger partial charge in [0.1, 0.15) is 5.78 Å². The van der Waals surface area contributed by atoms with E-state index in [1.54, 1.807) is 105 Å². The Morgan fingerprint density at radius 3 is 1.11 bits per heavy atom. The maximum Gasteiger partial charge on any atom is 0.225 e. The zero-order chi connectivity index (χ0) is 65.4. The molecule has 0 heterocycles. The highest BCUT2D eigenvalue weighted by molar-refractivity contribution is 6.42. The van der Waals surface area contributed by atoms with Crippen LogP contribution in [0.3, 0.4) is 0 Å². The predicted molar refractivity (Wildman–Crippen MR) is 341 cm³/mol. The molecule has 88 heavy (non-hydrogen) atoms. The number of rotatable bonds is 35. The van der Waals surface area contributed by atoms with Crippen LogP contribution in [0.15, 0.2) is 72.8 Å². The molecule has 0 aromatic heterocycles. The van der Waals surface area contributed by atoms with Crippen molar-refractivity contribution in [2.75, 3.05) is 121 Å². The summed E-state index contributed by atoms with van der Waals surface area (Å²) in [6, 6.07) is 20.5. The average molecular weight is 1270 g/mol. The standard InChI is InChI=1S/C28H38N2O6.C14H6Cl2O2.C8H17NO3.C7H16N2O3.C7H17NO2/c1-33-23(34-2)15-5-7-17-29-21-13-9-11-19-25(21)28(32)26-20(27(19)31)12-10-14-22(26)30-18-8-6-16-24(35-3)36-4;15-9-5-1-3-7-11(9)14(18)12-8(13(7)17)4-2-6-10(12)16;1-11-8(12-2)4-3-7(10)5-6-9;1-11-7(12-2)5-6(10)9-4-3-8;1-9-7(10-2)5-3-4-6-8/h9-14,23-24,29-30H,5-8,15-18H2,1-4H3;1-6H;8H,3-6,9H2,1-2H3;7H,3-5,8H2,1-2H3,(H,9,10);7H,3-6,8H2,1-2H3. The number of Topliss-reactive ketones (excluding diaryl/α,β-unsaturated/α-hetero) is 1. The van der Waals surface area contributed by atoms with Gasteiger partial charge in [-0.25, -0.2) is 0 Å². The summed E-state index contributed by atoms with van der Waals surface area (Å²) < 4.78 is 50.4. The van der Waals surface area contributed by atoms with Crippen LogP contribution in [-0.2, 0) is 57.0 Å². The minimum absolute atomic E-state index is 0.0495. The molecule has 4 aromatic carbocycles. The molecular weight excluding hydrogens is 1180 g/mol. The Labute approximate surface area is 529 Å². The monoisotopic (exact) mass is 1270 g/mol. The van der Waals surface area contributed by atoms with Crippen LogP contribution in [0.25, 0.3) is 0 Å². The van der Waals surface area contributed by atoms with Crippen molar-refractivity contribution in [3.05, 3.63) is 127 Å². The quantitative estimate of drug-likeness (QED) is 0.0160. The number of fused-ring (bicyclic) bond motifs is 4. The van der Waals surface area contributed by atoms with Gasteiger partial charge in [0.05, 0.1) is 38.7 Å². The first-order valence-corrected chi connectivity index (χ1v) is 29.9. The molecule has 6 rings (SSSR count). The second-order valence-corrected chi connectivity index (χ2v) is 20.5. The first kappa shape index (κ1) is 78.5. The number of hydrogen-bond donors (Lipinski definition) is 6. The number of nitrogens with two attached hydrogens (primary N) is 3. The Morgan fingerprint density at radius 2 is 0.750 bits per heavy atom. The third kappa shape index (κ3) is 26.1. The minimum Gasteiger partial charge on any atom is -0.384 e. The number of ketones is 5. The van der Waals surface area contributed by atoms with E-state index in [0.29, 0.717) is 96.7 Å². The molecule has 1 amide bonds. The van der Waals surface area contributed by atoms with E-state index < -0.39 is 6.29 Å². The largest absolute Gasteiger partial charge is 0.384 e. The van der Waals surface area contributed by atoms with Crippen molar-refractivity contribution in [3.8, 4) is 0 Å². The van der Waals surface area contributed by atoms with Gasteiger partial charge in [-0.3, -0.25) is 28.8 Å². The molecule has 0 aliphatic heterocycles. The third-order valence-corrected chi connectivity index (χ3v) is 14.5. The molecule has 0 atom stereocenters. The fourth-order valence-corrected chi connectivity index (χ4v) is 9.58. The van der Waals surface area contributed by atoms with Gasteiger partial charge in [0.15, 0.2) is 54.6 Å². The van der Waals surface area contributed by atoms with Crippen LogP contribution in [0.1, 0.15) is 147 Å². The van der Waals surface area contributed by atoms with Gasteiger partial charge in [-0.15, -0.1) is 0 Å². The molecule has 0 fully saturated rings. The highest BCUT2D eigenvalue weighted by atomic mass is 35.5. The Bertz CT molecular complexity index is 2590. The van der Waals surface area contributed by atoms with E-state index in [9.17, 15) is 28.8 Å². The predicted octanol–water partition coefficient (Wildman–Crippen LogP) is 8.74. The molecule has 4 aromatic rings. The maximum atomic E-state index is 13.7. The molecule has 0 saturated heterocycles. The van der Waals surface area contributed by atoms with Crippen LogP contribution < -0.4 is 33.2 Å². The molecule has 24 heteroatoms. The second kappa shape index (κ2) is 45.6. The molecule has 22 nitrogen and oxygen atoms in total. The van der Waals surface area contributed by atoms with Gasteiger partial charge in [-0.1, -0.05) is 71.7 Å². The number of anilines is 2. The summed E-state index contributed by atoms with van der Waals surface area (Å²) in [6.45, 7) is 3.45. The van der Waals surface area contributed by atoms with Gasteiger partial charge in [-0.2, -0.15) is 0 Å². The maximum absolute atomic E-state index is 13.7. The second-order valence-electron chi connectivity index (χ2n) is 19.7. The number of ether oxygens (including phenoxy) is 10. The summed E-state index contributed by atoms with van der Waals surface area (Å²) >= 11 is 12.0. The number of amides is 1. The first-order valence-electron chi connectivity index (χ1n) is 29.2. The van der Waals surface area contributed by atoms with Gasteiger partial charge in [0.2, 0.25) is 5.91 Å². The molecule has 0 saturated carbocycles.